The van der Waals surface area contributed by atoms with Gasteiger partial charge in [0, 0.05) is 23.1 Å². The van der Waals surface area contributed by atoms with Crippen LogP contribution in [0.3, 0.4) is 0 Å². The molecule has 1 aromatic heterocycles. The maximum Gasteiger partial charge on any atom is 0.254 e. The van der Waals surface area contributed by atoms with Crippen LogP contribution < -0.4 is 5.32 Å². The molecular weight excluding hydrogens is 390 g/mol. The third-order valence-corrected chi connectivity index (χ3v) is 5.29. The average Bonchev–Trinajstić information content (AvgIpc) is 3.25. The number of thiazole rings is 1. The lowest BCUT2D eigenvalue weighted by atomic mass is 10.1. The fourth-order valence-electron chi connectivity index (χ4n) is 2.86. The molecule has 3 nitrogen and oxygen atoms in total. The van der Waals surface area contributed by atoms with Gasteiger partial charge < -0.3 is 5.32 Å². The lowest BCUT2D eigenvalue weighted by molar-refractivity contribution is 0.0946. The van der Waals surface area contributed by atoms with Crippen molar-refractivity contribution in [2.45, 2.75) is 6.54 Å². The summed E-state index contributed by atoms with van der Waals surface area (Å²) in [5, 5.41) is 5.53. The van der Waals surface area contributed by atoms with E-state index in [1.165, 1.54) is 0 Å². The van der Waals surface area contributed by atoms with E-state index >= 15 is 0 Å². The van der Waals surface area contributed by atoms with Crippen LogP contribution >= 0.6 is 11.3 Å². The Morgan fingerprint density at radius 1 is 0.931 bits per heavy atom. The van der Waals surface area contributed by atoms with E-state index in [2.05, 4.69) is 10.3 Å². The Bertz CT molecular complexity index is 1140. The third kappa shape index (κ3) is 4.38. The zero-order valence-electron chi connectivity index (χ0n) is 15.2. The van der Waals surface area contributed by atoms with Crippen molar-refractivity contribution < 1.29 is 13.6 Å². The Morgan fingerprint density at radius 3 is 2.45 bits per heavy atom. The number of nitrogens with one attached hydrogen (secondary N) is 1. The summed E-state index contributed by atoms with van der Waals surface area (Å²) in [6.45, 7) is 0.211. The number of hydrogen-bond donors (Lipinski definition) is 1. The fraction of sp³-hybridized carbons (Fsp3) is 0.0435. The van der Waals surface area contributed by atoms with Gasteiger partial charge in [-0.25, -0.2) is 13.8 Å². The van der Waals surface area contributed by atoms with Gasteiger partial charge in [-0.1, -0.05) is 54.6 Å². The number of rotatable bonds is 5. The molecule has 0 aliphatic rings. The highest BCUT2D eigenvalue weighted by Crippen LogP contribution is 2.28. The minimum absolute atomic E-state index is 0.211. The number of aromatic nitrogens is 1. The molecule has 1 N–H and O–H groups in total. The van der Waals surface area contributed by atoms with Gasteiger partial charge in [-0.3, -0.25) is 4.79 Å². The Hall–Kier alpha value is -3.38. The van der Waals surface area contributed by atoms with E-state index in [1.54, 1.807) is 11.3 Å². The van der Waals surface area contributed by atoms with Gasteiger partial charge in [0.25, 0.3) is 5.91 Å². The first kappa shape index (κ1) is 19.0. The largest absolute Gasteiger partial charge is 0.348 e. The van der Waals surface area contributed by atoms with Crippen molar-refractivity contribution in [2.24, 2.45) is 0 Å². The second-order valence-corrected chi connectivity index (χ2v) is 7.27. The lowest BCUT2D eigenvalue weighted by Crippen LogP contribution is -2.24. The highest BCUT2D eigenvalue weighted by Gasteiger charge is 2.12. The van der Waals surface area contributed by atoms with Crippen LogP contribution in [-0.4, -0.2) is 10.9 Å². The number of carbonyl (C=O) groups excluding carboxylic acids is 1. The molecule has 29 heavy (non-hydrogen) atoms. The molecule has 4 rings (SSSR count). The Labute approximate surface area is 170 Å². The van der Waals surface area contributed by atoms with Crippen LogP contribution in [-0.2, 0) is 6.54 Å². The Kier molecular flexibility index (Phi) is 5.44. The third-order valence-electron chi connectivity index (χ3n) is 4.40. The van der Waals surface area contributed by atoms with Gasteiger partial charge in [-0.15, -0.1) is 11.3 Å². The topological polar surface area (TPSA) is 42.0 Å². The van der Waals surface area contributed by atoms with Crippen molar-refractivity contribution in [2.75, 3.05) is 0 Å². The normalized spacial score (nSPS) is 10.7. The van der Waals surface area contributed by atoms with Crippen molar-refractivity contribution >= 4 is 17.2 Å². The highest BCUT2D eigenvalue weighted by molar-refractivity contribution is 7.13. The Balaban J connectivity index is 1.43. The van der Waals surface area contributed by atoms with Crippen molar-refractivity contribution in [3.05, 3.63) is 101 Å². The molecule has 0 saturated heterocycles. The molecule has 3 aromatic carbocycles. The van der Waals surface area contributed by atoms with Crippen molar-refractivity contribution in [1.29, 1.82) is 0 Å². The molecule has 0 fully saturated rings. The number of benzene rings is 3. The van der Waals surface area contributed by atoms with E-state index in [0.29, 0.717) is 0 Å². The number of nitrogens with zero attached hydrogens (tertiary/aromatic N) is 1. The van der Waals surface area contributed by atoms with Gasteiger partial charge in [-0.05, 0) is 23.8 Å². The predicted octanol–water partition coefficient (Wildman–Crippen LogP) is 5.69. The zero-order chi connectivity index (χ0) is 20.2. The average molecular weight is 406 g/mol. The number of carbonyl (C=O) groups is 1. The maximum absolute atomic E-state index is 13.7. The van der Waals surface area contributed by atoms with Crippen LogP contribution in [0, 0.1) is 11.6 Å². The van der Waals surface area contributed by atoms with Crippen LogP contribution in [0.4, 0.5) is 8.78 Å². The summed E-state index contributed by atoms with van der Waals surface area (Å²) >= 11 is 1.56. The molecule has 144 valence electrons. The molecule has 6 heteroatoms. The van der Waals surface area contributed by atoms with E-state index in [0.717, 1.165) is 45.6 Å². The molecule has 0 aliphatic carbocycles. The van der Waals surface area contributed by atoms with Crippen LogP contribution in [0.5, 0.6) is 0 Å². The van der Waals surface area contributed by atoms with Gasteiger partial charge in [0.1, 0.15) is 16.6 Å². The first-order valence-electron chi connectivity index (χ1n) is 8.93. The minimum Gasteiger partial charge on any atom is -0.348 e. The van der Waals surface area contributed by atoms with E-state index in [9.17, 15) is 13.6 Å². The summed E-state index contributed by atoms with van der Waals surface area (Å²) in [6.07, 6.45) is 0. The minimum atomic E-state index is -0.753. The molecule has 0 unspecified atom stereocenters. The van der Waals surface area contributed by atoms with Crippen LogP contribution in [0.15, 0.2) is 78.2 Å². The van der Waals surface area contributed by atoms with E-state index < -0.39 is 17.5 Å². The monoisotopic (exact) mass is 406 g/mol. The Morgan fingerprint density at radius 2 is 1.69 bits per heavy atom. The van der Waals surface area contributed by atoms with Crippen LogP contribution in [0.1, 0.15) is 15.9 Å². The quantitative estimate of drug-likeness (QED) is 0.463. The fourth-order valence-corrected chi connectivity index (χ4v) is 3.70. The van der Waals surface area contributed by atoms with Gasteiger partial charge >= 0.3 is 0 Å². The molecule has 4 aromatic rings. The van der Waals surface area contributed by atoms with E-state index in [1.807, 2.05) is 60.0 Å². The molecule has 0 spiro atoms. The maximum atomic E-state index is 13.7. The number of halogens is 2. The molecule has 0 saturated carbocycles. The number of hydrogen-bond acceptors (Lipinski definition) is 3. The molecule has 1 amide bonds. The molecule has 0 bridgehead atoms. The zero-order valence-corrected chi connectivity index (χ0v) is 16.0. The smallest absolute Gasteiger partial charge is 0.254 e. The van der Waals surface area contributed by atoms with E-state index in [4.69, 9.17) is 0 Å². The number of amides is 1. The van der Waals surface area contributed by atoms with E-state index in [-0.39, 0.29) is 12.1 Å². The summed E-state index contributed by atoms with van der Waals surface area (Å²) in [4.78, 5) is 16.8. The summed E-state index contributed by atoms with van der Waals surface area (Å²) in [5.74, 6) is -2.06. The second-order valence-electron chi connectivity index (χ2n) is 6.41. The molecule has 0 aliphatic heterocycles. The van der Waals surface area contributed by atoms with Crippen LogP contribution in [0.2, 0.25) is 0 Å². The first-order chi connectivity index (χ1) is 14.1. The standard InChI is InChI=1S/C23H16F2N2OS/c24-18-10-11-20(25)19(12-18)22(28)26-13-15-6-8-17(9-7-15)23-27-21(14-29-23)16-4-2-1-3-5-16/h1-12,14H,13H2,(H,26,28). The SMILES string of the molecule is O=C(NCc1ccc(-c2nc(-c3ccccc3)cs2)cc1)c1cc(F)ccc1F. The predicted molar refractivity (Wildman–Crippen MR) is 111 cm³/mol. The van der Waals surface area contributed by atoms with Crippen molar-refractivity contribution in [1.82, 2.24) is 10.3 Å². The molecule has 0 radical (unpaired) electrons. The molecule has 0 atom stereocenters. The lowest BCUT2D eigenvalue weighted by Gasteiger charge is -2.07. The van der Waals surface area contributed by atoms with Gasteiger partial charge in [0.15, 0.2) is 0 Å². The summed E-state index contributed by atoms with van der Waals surface area (Å²) < 4.78 is 26.9. The highest BCUT2D eigenvalue weighted by atomic mass is 32.1. The van der Waals surface area contributed by atoms with Gasteiger partial charge in [-0.2, -0.15) is 0 Å². The van der Waals surface area contributed by atoms with Gasteiger partial charge in [0.05, 0.1) is 11.3 Å². The van der Waals surface area contributed by atoms with Crippen molar-refractivity contribution in [3.63, 3.8) is 0 Å². The van der Waals surface area contributed by atoms with Crippen molar-refractivity contribution in [3.8, 4) is 21.8 Å². The summed E-state index contributed by atoms with van der Waals surface area (Å²) in [6, 6.07) is 20.4. The van der Waals surface area contributed by atoms with Gasteiger partial charge in [0.2, 0.25) is 0 Å². The van der Waals surface area contributed by atoms with Crippen LogP contribution in [0.25, 0.3) is 21.8 Å². The first-order valence-corrected chi connectivity index (χ1v) is 9.81. The second kappa shape index (κ2) is 8.32. The molecular formula is C23H16F2N2OS. The molecule has 1 heterocycles. The summed E-state index contributed by atoms with van der Waals surface area (Å²) in [7, 11) is 0. The summed E-state index contributed by atoms with van der Waals surface area (Å²) in [5.41, 5.74) is 3.51.